The van der Waals surface area contributed by atoms with Gasteiger partial charge in [-0.15, -0.1) is 0 Å². The normalized spacial score (nSPS) is 11.0. The van der Waals surface area contributed by atoms with E-state index in [1.807, 2.05) is 43.3 Å². The molecule has 0 spiro atoms. The number of rotatable bonds is 3. The van der Waals surface area contributed by atoms with Crippen LogP contribution in [0.2, 0.25) is 15.1 Å². The van der Waals surface area contributed by atoms with E-state index in [9.17, 15) is 4.79 Å². The summed E-state index contributed by atoms with van der Waals surface area (Å²) < 4.78 is 5.67. The first-order valence-electron chi connectivity index (χ1n) is 8.35. The van der Waals surface area contributed by atoms with Gasteiger partial charge in [0.2, 0.25) is 0 Å². The Balaban J connectivity index is 1.81. The van der Waals surface area contributed by atoms with Gasteiger partial charge in [0.05, 0.1) is 31.8 Å². The van der Waals surface area contributed by atoms with Gasteiger partial charge in [-0.05, 0) is 43.3 Å². The van der Waals surface area contributed by atoms with Crippen molar-refractivity contribution in [2.75, 3.05) is 5.32 Å². The van der Waals surface area contributed by atoms with Gasteiger partial charge in [-0.1, -0.05) is 53.0 Å². The minimum absolute atomic E-state index is 0.294. The van der Waals surface area contributed by atoms with Crippen LogP contribution < -0.4 is 5.32 Å². The maximum Gasteiger partial charge on any atom is 0.256 e. The molecule has 0 saturated carbocycles. The Kier molecular flexibility index (Phi) is 5.02. The summed E-state index contributed by atoms with van der Waals surface area (Å²) in [7, 11) is 0. The molecule has 140 valence electrons. The number of nitrogens with zero attached hydrogens (tertiary/aromatic N) is 1. The number of pyridine rings is 1. The zero-order valence-corrected chi connectivity index (χ0v) is 16.9. The first kappa shape index (κ1) is 18.8. The standard InChI is InChI=1S/C21H13Cl3N2O2/c1-11-6-7-20(28-11)19-8-13(12-4-2-3-5-17(12)25-19)21(27)26-18-10-15(23)14(22)9-16(18)24/h2-10H,1H3,(H,26,27). The lowest BCUT2D eigenvalue weighted by Gasteiger charge is -2.11. The number of benzene rings is 2. The molecular formula is C21H13Cl3N2O2. The number of aromatic nitrogens is 1. The van der Waals surface area contributed by atoms with Crippen molar-refractivity contribution in [1.82, 2.24) is 4.98 Å². The van der Waals surface area contributed by atoms with Crippen molar-refractivity contribution in [3.63, 3.8) is 0 Å². The molecule has 0 aliphatic rings. The van der Waals surface area contributed by atoms with E-state index < -0.39 is 0 Å². The summed E-state index contributed by atoms with van der Waals surface area (Å²) in [5, 5.41) is 4.42. The van der Waals surface area contributed by atoms with Crippen molar-refractivity contribution in [3.8, 4) is 11.5 Å². The highest BCUT2D eigenvalue weighted by molar-refractivity contribution is 6.44. The highest BCUT2D eigenvalue weighted by atomic mass is 35.5. The van der Waals surface area contributed by atoms with E-state index in [0.29, 0.717) is 48.7 Å². The molecule has 1 amide bonds. The predicted octanol–water partition coefficient (Wildman–Crippen LogP) is 7.02. The topological polar surface area (TPSA) is 55.1 Å². The maximum atomic E-state index is 13.1. The highest BCUT2D eigenvalue weighted by Crippen LogP contribution is 2.33. The molecule has 4 rings (SSSR count). The third kappa shape index (κ3) is 3.59. The van der Waals surface area contributed by atoms with Crippen molar-refractivity contribution in [2.45, 2.75) is 6.92 Å². The number of carbonyl (C=O) groups excluding carboxylic acids is 1. The molecule has 1 N–H and O–H groups in total. The van der Waals surface area contributed by atoms with Gasteiger partial charge in [-0.3, -0.25) is 4.79 Å². The number of carbonyl (C=O) groups is 1. The molecule has 0 unspecified atom stereocenters. The predicted molar refractivity (Wildman–Crippen MR) is 114 cm³/mol. The Morgan fingerprint density at radius 2 is 1.71 bits per heavy atom. The molecule has 0 atom stereocenters. The number of nitrogens with one attached hydrogen (secondary N) is 1. The molecule has 0 bridgehead atoms. The summed E-state index contributed by atoms with van der Waals surface area (Å²) in [5.74, 6) is 1.01. The Morgan fingerprint density at radius 1 is 0.964 bits per heavy atom. The van der Waals surface area contributed by atoms with Crippen LogP contribution in [0.1, 0.15) is 16.1 Å². The zero-order chi connectivity index (χ0) is 19.8. The number of amides is 1. The lowest BCUT2D eigenvalue weighted by Crippen LogP contribution is -2.13. The fraction of sp³-hybridized carbons (Fsp3) is 0.0476. The van der Waals surface area contributed by atoms with Crippen LogP contribution in [0.25, 0.3) is 22.4 Å². The second-order valence-electron chi connectivity index (χ2n) is 6.18. The average molecular weight is 432 g/mol. The fourth-order valence-electron chi connectivity index (χ4n) is 2.87. The smallest absolute Gasteiger partial charge is 0.256 e. The van der Waals surface area contributed by atoms with Crippen LogP contribution in [0.5, 0.6) is 0 Å². The molecule has 2 heterocycles. The van der Waals surface area contributed by atoms with Gasteiger partial charge in [0.1, 0.15) is 11.5 Å². The van der Waals surface area contributed by atoms with Gasteiger partial charge >= 0.3 is 0 Å². The first-order chi connectivity index (χ1) is 13.4. The van der Waals surface area contributed by atoms with Gasteiger partial charge in [0.25, 0.3) is 5.91 Å². The second-order valence-corrected chi connectivity index (χ2v) is 7.40. The van der Waals surface area contributed by atoms with Crippen LogP contribution >= 0.6 is 34.8 Å². The van der Waals surface area contributed by atoms with Crippen molar-refractivity contribution in [1.29, 1.82) is 0 Å². The third-order valence-corrected chi connectivity index (χ3v) is 5.25. The summed E-state index contributed by atoms with van der Waals surface area (Å²) in [5.41, 5.74) is 2.06. The molecule has 4 aromatic rings. The molecule has 28 heavy (non-hydrogen) atoms. The van der Waals surface area contributed by atoms with E-state index in [-0.39, 0.29) is 5.91 Å². The summed E-state index contributed by atoms with van der Waals surface area (Å²) in [6.45, 7) is 1.85. The molecule has 2 aromatic heterocycles. The second kappa shape index (κ2) is 7.47. The molecule has 0 saturated heterocycles. The van der Waals surface area contributed by atoms with E-state index in [4.69, 9.17) is 39.2 Å². The maximum absolute atomic E-state index is 13.1. The molecule has 2 aromatic carbocycles. The van der Waals surface area contributed by atoms with E-state index in [2.05, 4.69) is 10.3 Å². The lowest BCUT2D eigenvalue weighted by atomic mass is 10.1. The number of fused-ring (bicyclic) bond motifs is 1. The quantitative estimate of drug-likeness (QED) is 0.355. The van der Waals surface area contributed by atoms with Crippen LogP contribution in [0, 0.1) is 6.92 Å². The number of anilines is 1. The van der Waals surface area contributed by atoms with Crippen molar-refractivity contribution in [3.05, 3.63) is 81.0 Å². The molecule has 0 aliphatic heterocycles. The molecular weight excluding hydrogens is 419 g/mol. The first-order valence-corrected chi connectivity index (χ1v) is 9.48. The molecule has 0 radical (unpaired) electrons. The Bertz CT molecular complexity index is 1220. The van der Waals surface area contributed by atoms with Gasteiger partial charge in [0, 0.05) is 5.39 Å². The number of aryl methyl sites for hydroxylation is 1. The molecule has 0 aliphatic carbocycles. The minimum Gasteiger partial charge on any atom is -0.460 e. The summed E-state index contributed by atoms with van der Waals surface area (Å²) in [6, 6.07) is 15.8. The minimum atomic E-state index is -0.344. The summed E-state index contributed by atoms with van der Waals surface area (Å²) in [4.78, 5) is 17.7. The van der Waals surface area contributed by atoms with Crippen molar-refractivity contribution in [2.24, 2.45) is 0 Å². The fourth-order valence-corrected chi connectivity index (χ4v) is 3.46. The number of hydrogen-bond donors (Lipinski definition) is 1. The SMILES string of the molecule is Cc1ccc(-c2cc(C(=O)Nc3cc(Cl)c(Cl)cc3Cl)c3ccccc3n2)o1. The number of hydrogen-bond acceptors (Lipinski definition) is 3. The highest BCUT2D eigenvalue weighted by Gasteiger charge is 2.17. The molecule has 4 nitrogen and oxygen atoms in total. The van der Waals surface area contributed by atoms with Crippen LogP contribution in [-0.2, 0) is 0 Å². The van der Waals surface area contributed by atoms with Gasteiger partial charge in [0.15, 0.2) is 5.76 Å². The van der Waals surface area contributed by atoms with E-state index >= 15 is 0 Å². The Morgan fingerprint density at radius 3 is 2.46 bits per heavy atom. The lowest BCUT2D eigenvalue weighted by molar-refractivity contribution is 0.102. The number of halogens is 3. The van der Waals surface area contributed by atoms with Gasteiger partial charge in [-0.2, -0.15) is 0 Å². The average Bonchev–Trinajstić information content (AvgIpc) is 3.11. The summed E-state index contributed by atoms with van der Waals surface area (Å²) >= 11 is 18.2. The van der Waals surface area contributed by atoms with E-state index in [1.165, 1.54) is 12.1 Å². The zero-order valence-electron chi connectivity index (χ0n) is 14.6. The van der Waals surface area contributed by atoms with Crippen molar-refractivity contribution < 1.29 is 9.21 Å². The Hall–Kier alpha value is -2.53. The largest absolute Gasteiger partial charge is 0.460 e. The third-order valence-electron chi connectivity index (χ3n) is 4.21. The van der Waals surface area contributed by atoms with Crippen LogP contribution in [0.4, 0.5) is 5.69 Å². The van der Waals surface area contributed by atoms with Crippen LogP contribution in [0.3, 0.4) is 0 Å². The number of furan rings is 1. The monoisotopic (exact) mass is 430 g/mol. The van der Waals surface area contributed by atoms with Gasteiger partial charge in [-0.25, -0.2) is 4.98 Å². The molecule has 7 heteroatoms. The van der Waals surface area contributed by atoms with E-state index in [0.717, 1.165) is 5.76 Å². The van der Waals surface area contributed by atoms with Crippen LogP contribution in [-0.4, -0.2) is 10.9 Å². The van der Waals surface area contributed by atoms with Crippen LogP contribution in [0.15, 0.2) is 59.0 Å². The van der Waals surface area contributed by atoms with E-state index in [1.54, 1.807) is 6.07 Å². The number of para-hydroxylation sites is 1. The molecule has 0 fully saturated rings. The Labute approximate surface area is 176 Å². The van der Waals surface area contributed by atoms with Crippen molar-refractivity contribution >= 4 is 57.3 Å². The summed E-state index contributed by atoms with van der Waals surface area (Å²) in [6.07, 6.45) is 0. The van der Waals surface area contributed by atoms with Gasteiger partial charge < -0.3 is 9.73 Å².